The minimum absolute atomic E-state index is 0.0296. The molecule has 0 spiro atoms. The van der Waals surface area contributed by atoms with Gasteiger partial charge in [-0.15, -0.1) is 0 Å². The van der Waals surface area contributed by atoms with E-state index in [2.05, 4.69) is 26.1 Å². The van der Waals surface area contributed by atoms with Gasteiger partial charge in [-0.1, -0.05) is 26.8 Å². The highest BCUT2D eigenvalue weighted by Gasteiger charge is 2.46. The Hall–Kier alpha value is -1.92. The van der Waals surface area contributed by atoms with E-state index in [1.165, 1.54) is 6.07 Å². The Bertz CT molecular complexity index is 868. The first-order valence-corrected chi connectivity index (χ1v) is 11.7. The fourth-order valence-electron chi connectivity index (χ4n) is 5.75. The van der Waals surface area contributed by atoms with Crippen molar-refractivity contribution in [1.82, 2.24) is 5.32 Å². The smallest absolute Gasteiger partial charge is 0.420 e. The maximum atomic E-state index is 14.2. The number of rotatable bonds is 3. The highest BCUT2D eigenvalue weighted by Crippen LogP contribution is 2.46. The van der Waals surface area contributed by atoms with Crippen molar-refractivity contribution in [2.45, 2.75) is 90.5 Å². The number of nitrogens with one attached hydrogen (secondary N) is 1. The number of carbonyl (C=O) groups excluding carboxylic acids is 1. The predicted molar refractivity (Wildman–Crippen MR) is 116 cm³/mol. The lowest BCUT2D eigenvalue weighted by Gasteiger charge is -2.38. The fraction of sp³-hybridized carbons (Fsp3) is 0.720. The number of fused-ring (bicyclic) bond motifs is 1. The lowest BCUT2D eigenvalue weighted by atomic mass is 9.72. The molecule has 0 bridgehead atoms. The normalized spacial score (nSPS) is 31.0. The minimum Gasteiger partial charge on any atom is -0.490 e. The number of halogens is 3. The molecule has 3 aliphatic rings. The summed E-state index contributed by atoms with van der Waals surface area (Å²) in [6, 6.07) is 3.29. The van der Waals surface area contributed by atoms with Crippen LogP contribution in [0, 0.1) is 17.3 Å². The van der Waals surface area contributed by atoms with Gasteiger partial charge >= 0.3 is 12.3 Å². The first-order valence-electron chi connectivity index (χ1n) is 11.7. The van der Waals surface area contributed by atoms with Crippen molar-refractivity contribution in [3.63, 3.8) is 0 Å². The lowest BCUT2D eigenvalue weighted by Crippen LogP contribution is -2.49. The van der Waals surface area contributed by atoms with E-state index in [0.717, 1.165) is 25.7 Å². The number of alkyl halides is 3. The van der Waals surface area contributed by atoms with Gasteiger partial charge in [0.2, 0.25) is 0 Å². The fourth-order valence-corrected chi connectivity index (χ4v) is 5.75. The van der Waals surface area contributed by atoms with E-state index in [1.807, 2.05) is 6.92 Å². The number of carbonyl (C=O) groups is 1. The van der Waals surface area contributed by atoms with Gasteiger partial charge in [-0.25, -0.2) is 4.79 Å². The topological polar surface area (TPSA) is 47.6 Å². The van der Waals surface area contributed by atoms with Crippen molar-refractivity contribution in [3.8, 4) is 5.75 Å². The van der Waals surface area contributed by atoms with Crippen molar-refractivity contribution >= 4 is 6.09 Å². The Kier molecular flexibility index (Phi) is 5.91. The van der Waals surface area contributed by atoms with Crippen molar-refractivity contribution in [3.05, 3.63) is 28.8 Å². The van der Waals surface area contributed by atoms with Crippen LogP contribution in [0.4, 0.5) is 18.0 Å². The molecule has 2 fully saturated rings. The van der Waals surface area contributed by atoms with E-state index in [0.29, 0.717) is 36.3 Å². The van der Waals surface area contributed by atoms with E-state index in [1.54, 1.807) is 6.07 Å². The van der Waals surface area contributed by atoms with Gasteiger partial charge in [0.15, 0.2) is 0 Å². The maximum absolute atomic E-state index is 14.2. The molecular weight excluding hydrogens is 419 g/mol. The first-order chi connectivity index (χ1) is 14.9. The molecule has 32 heavy (non-hydrogen) atoms. The van der Waals surface area contributed by atoms with Crippen LogP contribution in [-0.2, 0) is 23.8 Å². The van der Waals surface area contributed by atoms with Gasteiger partial charge in [-0.2, -0.15) is 13.2 Å². The van der Waals surface area contributed by atoms with Gasteiger partial charge in [0.25, 0.3) is 0 Å². The van der Waals surface area contributed by atoms with Crippen LogP contribution in [0.2, 0.25) is 0 Å². The summed E-state index contributed by atoms with van der Waals surface area (Å²) in [6.45, 7) is 8.82. The molecule has 1 N–H and O–H groups in total. The zero-order valence-corrected chi connectivity index (χ0v) is 19.4. The second-order valence-electron chi connectivity index (χ2n) is 11.1. The Morgan fingerprint density at radius 2 is 1.78 bits per heavy atom. The van der Waals surface area contributed by atoms with Crippen molar-refractivity contribution in [1.29, 1.82) is 0 Å². The number of hydrogen-bond acceptors (Lipinski definition) is 3. The highest BCUT2D eigenvalue weighted by atomic mass is 19.4. The average molecular weight is 454 g/mol. The van der Waals surface area contributed by atoms with Crippen LogP contribution in [0.1, 0.15) is 76.5 Å². The summed E-state index contributed by atoms with van der Waals surface area (Å²) in [5.74, 6) is 0.575. The Labute approximate surface area is 188 Å². The second-order valence-corrected chi connectivity index (χ2v) is 11.1. The third-order valence-corrected chi connectivity index (χ3v) is 7.85. The monoisotopic (exact) mass is 453 g/mol. The van der Waals surface area contributed by atoms with Gasteiger partial charge in [-0.05, 0) is 86.3 Å². The van der Waals surface area contributed by atoms with Crippen LogP contribution in [0.3, 0.4) is 0 Å². The molecule has 1 heterocycles. The Morgan fingerprint density at radius 3 is 2.34 bits per heavy atom. The highest BCUT2D eigenvalue weighted by molar-refractivity contribution is 5.70. The van der Waals surface area contributed by atoms with Crippen LogP contribution in [0.5, 0.6) is 5.75 Å². The quantitative estimate of drug-likeness (QED) is 0.585. The van der Waals surface area contributed by atoms with Gasteiger partial charge in [-0.3, -0.25) is 0 Å². The van der Waals surface area contributed by atoms with E-state index in [4.69, 9.17) is 9.47 Å². The molecule has 1 aromatic carbocycles. The molecule has 0 radical (unpaired) electrons. The predicted octanol–water partition coefficient (Wildman–Crippen LogP) is 6.29. The summed E-state index contributed by atoms with van der Waals surface area (Å²) in [6.07, 6.45) is -0.200. The zero-order valence-electron chi connectivity index (χ0n) is 19.4. The van der Waals surface area contributed by atoms with Crippen LogP contribution in [0.25, 0.3) is 0 Å². The average Bonchev–Trinajstić information content (AvgIpc) is 3.06. The number of ether oxygens (including phenoxy) is 2. The van der Waals surface area contributed by atoms with E-state index in [9.17, 15) is 18.0 Å². The number of cyclic esters (lactones) is 1. The third kappa shape index (κ3) is 4.58. The maximum Gasteiger partial charge on any atom is 0.420 e. The van der Waals surface area contributed by atoms with Gasteiger partial charge < -0.3 is 14.8 Å². The van der Waals surface area contributed by atoms with Crippen molar-refractivity contribution in [2.75, 3.05) is 6.61 Å². The first kappa shape index (κ1) is 23.2. The summed E-state index contributed by atoms with van der Waals surface area (Å²) in [5, 5.41) is 2.85. The summed E-state index contributed by atoms with van der Waals surface area (Å²) in [5.41, 5.74) is 0.102. The van der Waals surface area contributed by atoms with E-state index in [-0.39, 0.29) is 29.8 Å². The minimum atomic E-state index is -4.47. The summed E-state index contributed by atoms with van der Waals surface area (Å²) in [7, 11) is 0. The SMILES string of the molecule is CC(C)(C)C1CCC(Oc2ccc3c(c2C(F)(F)F)CC[C@H]([C@]2(C)COC(=O)N2)C3)CC1. The van der Waals surface area contributed by atoms with Crippen molar-refractivity contribution < 1.29 is 27.4 Å². The Morgan fingerprint density at radius 1 is 1.09 bits per heavy atom. The van der Waals surface area contributed by atoms with Gasteiger partial charge in [0, 0.05) is 0 Å². The number of benzene rings is 1. The molecule has 4 nitrogen and oxygen atoms in total. The number of amides is 1. The van der Waals surface area contributed by atoms with E-state index >= 15 is 0 Å². The number of alkyl carbamates (subject to hydrolysis) is 1. The molecule has 1 saturated heterocycles. The summed E-state index contributed by atoms with van der Waals surface area (Å²) in [4.78, 5) is 11.5. The molecule has 0 unspecified atom stereocenters. The molecule has 1 aliphatic heterocycles. The van der Waals surface area contributed by atoms with Crippen LogP contribution in [0.15, 0.2) is 12.1 Å². The molecular formula is C25H34F3NO3. The standard InChI is InChI=1S/C25H34F3NO3/c1-23(2,3)16-6-9-18(10-7-16)32-20-12-5-15-13-17(24(4)14-31-22(30)29-24)8-11-19(15)21(20)25(26,27)28/h5,12,16-18H,6-11,13-14H2,1-4H3,(H,29,30)/t16?,17-,18?,24-/m0/s1. The Balaban J connectivity index is 1.54. The molecule has 2 aliphatic carbocycles. The van der Waals surface area contributed by atoms with Crippen LogP contribution in [-0.4, -0.2) is 24.3 Å². The molecule has 178 valence electrons. The lowest BCUT2D eigenvalue weighted by molar-refractivity contribution is -0.140. The largest absolute Gasteiger partial charge is 0.490 e. The molecule has 4 rings (SSSR count). The zero-order chi connectivity index (χ0) is 23.3. The second kappa shape index (κ2) is 8.14. The molecule has 1 saturated carbocycles. The molecule has 0 aromatic heterocycles. The third-order valence-electron chi connectivity index (χ3n) is 7.85. The van der Waals surface area contributed by atoms with E-state index < -0.39 is 23.4 Å². The summed E-state index contributed by atoms with van der Waals surface area (Å²) < 4.78 is 53.6. The van der Waals surface area contributed by atoms with Crippen LogP contribution >= 0.6 is 0 Å². The number of hydrogen-bond donors (Lipinski definition) is 1. The van der Waals surface area contributed by atoms with Gasteiger partial charge in [0.05, 0.1) is 11.6 Å². The van der Waals surface area contributed by atoms with Crippen LogP contribution < -0.4 is 10.1 Å². The molecule has 1 amide bonds. The molecule has 1 aromatic rings. The molecule has 7 heteroatoms. The molecule has 2 atom stereocenters. The van der Waals surface area contributed by atoms with Crippen molar-refractivity contribution in [2.24, 2.45) is 17.3 Å². The summed E-state index contributed by atoms with van der Waals surface area (Å²) >= 11 is 0. The van der Waals surface area contributed by atoms with Gasteiger partial charge in [0.1, 0.15) is 17.9 Å².